The fourth-order valence-electron chi connectivity index (χ4n) is 2.88. The number of esters is 2. The van der Waals surface area contributed by atoms with Crippen LogP contribution in [0.25, 0.3) is 0 Å². The van der Waals surface area contributed by atoms with Gasteiger partial charge in [0.05, 0.1) is 33.5 Å². The molecule has 3 rings (SSSR count). The van der Waals surface area contributed by atoms with Gasteiger partial charge in [-0.1, -0.05) is 6.07 Å². The summed E-state index contributed by atoms with van der Waals surface area (Å²) < 4.78 is 40.3. The van der Waals surface area contributed by atoms with Gasteiger partial charge in [-0.25, -0.2) is 14.0 Å². The largest absolute Gasteiger partial charge is 0.497 e. The number of hydrogen-bond donors (Lipinski definition) is 0. The predicted molar refractivity (Wildman–Crippen MR) is 104 cm³/mol. The van der Waals surface area contributed by atoms with Crippen LogP contribution in [0.3, 0.4) is 0 Å². The Labute approximate surface area is 172 Å². The lowest BCUT2D eigenvalue weighted by Crippen LogP contribution is -2.38. The number of halogens is 1. The van der Waals surface area contributed by atoms with Crippen LogP contribution in [-0.4, -0.2) is 46.6 Å². The van der Waals surface area contributed by atoms with Gasteiger partial charge in [0.2, 0.25) is 0 Å². The smallest absolute Gasteiger partial charge is 0.355 e. The molecule has 9 heteroatoms. The monoisotopic (exact) mass is 417 g/mol. The van der Waals surface area contributed by atoms with Crippen LogP contribution < -0.4 is 14.4 Å². The van der Waals surface area contributed by atoms with Crippen molar-refractivity contribution in [2.45, 2.75) is 0 Å². The first-order valence-corrected chi connectivity index (χ1v) is 8.85. The minimum absolute atomic E-state index is 0.0206. The normalized spacial score (nSPS) is 13.7. The average Bonchev–Trinajstić information content (AvgIpc) is 2.78. The van der Waals surface area contributed by atoms with Crippen LogP contribution in [0, 0.1) is 5.82 Å². The number of rotatable bonds is 6. The van der Waals surface area contributed by atoms with Crippen LogP contribution in [0.1, 0.15) is 0 Å². The van der Waals surface area contributed by atoms with E-state index in [0.29, 0.717) is 11.5 Å². The topological polar surface area (TPSA) is 83.5 Å². The maximum atomic E-state index is 14.8. The molecule has 158 valence electrons. The molecule has 0 aliphatic carbocycles. The molecule has 0 saturated carbocycles. The lowest BCUT2D eigenvalue weighted by Gasteiger charge is -2.31. The van der Waals surface area contributed by atoms with Crippen molar-refractivity contribution in [2.75, 3.05) is 39.6 Å². The molecule has 0 amide bonds. The highest BCUT2D eigenvalue weighted by Crippen LogP contribution is 2.32. The molecule has 0 fully saturated rings. The summed E-state index contributed by atoms with van der Waals surface area (Å²) in [5.74, 6) is -1.25. The Morgan fingerprint density at radius 2 is 1.73 bits per heavy atom. The van der Waals surface area contributed by atoms with Gasteiger partial charge in [-0.15, -0.1) is 0 Å². The van der Waals surface area contributed by atoms with Crippen molar-refractivity contribution >= 4 is 17.6 Å². The molecular formula is C21H20FNO7. The van der Waals surface area contributed by atoms with Crippen LogP contribution in [0.5, 0.6) is 17.2 Å². The van der Waals surface area contributed by atoms with E-state index in [4.69, 9.17) is 23.7 Å². The number of ether oxygens (including phenoxy) is 5. The molecule has 2 aromatic carbocycles. The quantitative estimate of drug-likeness (QED) is 0.664. The van der Waals surface area contributed by atoms with Crippen LogP contribution in [0.4, 0.5) is 10.1 Å². The maximum absolute atomic E-state index is 14.8. The molecule has 30 heavy (non-hydrogen) atoms. The number of carbonyl (C=O) groups is 2. The highest BCUT2D eigenvalue weighted by Gasteiger charge is 2.32. The van der Waals surface area contributed by atoms with E-state index in [1.54, 1.807) is 24.3 Å². The summed E-state index contributed by atoms with van der Waals surface area (Å²) in [6, 6.07) is 10.8. The summed E-state index contributed by atoms with van der Waals surface area (Å²) in [7, 11) is 3.89. The van der Waals surface area contributed by atoms with Gasteiger partial charge in [0.1, 0.15) is 23.9 Å². The van der Waals surface area contributed by atoms with E-state index in [9.17, 15) is 14.0 Å². The molecular weight excluding hydrogens is 397 g/mol. The van der Waals surface area contributed by atoms with E-state index < -0.39 is 17.8 Å². The minimum Gasteiger partial charge on any atom is -0.497 e. The first kappa shape index (κ1) is 21.1. The number of benzene rings is 2. The molecule has 0 atom stereocenters. The van der Waals surface area contributed by atoms with E-state index in [0.717, 1.165) is 0 Å². The molecule has 0 N–H and O–H groups in total. The molecule has 0 aromatic heterocycles. The van der Waals surface area contributed by atoms with Crippen LogP contribution in [0.15, 0.2) is 53.7 Å². The summed E-state index contributed by atoms with van der Waals surface area (Å²) in [6.07, 6.45) is 0. The zero-order chi connectivity index (χ0) is 21.7. The second-order valence-electron chi connectivity index (χ2n) is 6.11. The Kier molecular flexibility index (Phi) is 6.53. The van der Waals surface area contributed by atoms with Gasteiger partial charge >= 0.3 is 11.9 Å². The summed E-state index contributed by atoms with van der Waals surface area (Å²) in [5, 5.41) is 0. The van der Waals surface area contributed by atoms with Crippen molar-refractivity contribution in [3.63, 3.8) is 0 Å². The van der Waals surface area contributed by atoms with Crippen molar-refractivity contribution in [3.8, 4) is 17.2 Å². The van der Waals surface area contributed by atoms with E-state index in [2.05, 4.69) is 0 Å². The highest BCUT2D eigenvalue weighted by molar-refractivity contribution is 6.03. The van der Waals surface area contributed by atoms with Crippen molar-refractivity contribution in [1.29, 1.82) is 0 Å². The Bertz CT molecular complexity index is 989. The van der Waals surface area contributed by atoms with Gasteiger partial charge in [0, 0.05) is 17.8 Å². The summed E-state index contributed by atoms with van der Waals surface area (Å²) in [5.41, 5.74) is 0.177. The molecule has 2 aromatic rings. The molecule has 0 unspecified atom stereocenters. The third-order valence-corrected chi connectivity index (χ3v) is 4.33. The van der Waals surface area contributed by atoms with Crippen LogP contribution in [-0.2, 0) is 23.8 Å². The van der Waals surface area contributed by atoms with E-state index in [1.807, 2.05) is 0 Å². The minimum atomic E-state index is -0.768. The van der Waals surface area contributed by atoms with Gasteiger partial charge in [-0.05, 0) is 24.3 Å². The van der Waals surface area contributed by atoms with Crippen molar-refractivity contribution < 1.29 is 37.7 Å². The molecule has 1 aliphatic rings. The second-order valence-corrected chi connectivity index (χ2v) is 6.11. The lowest BCUT2D eigenvalue weighted by atomic mass is 10.1. The number of nitrogens with zero attached hydrogens (tertiary/aromatic N) is 1. The molecule has 1 aliphatic heterocycles. The summed E-state index contributed by atoms with van der Waals surface area (Å²) >= 11 is 0. The standard InChI is InChI=1S/C21H20FNO7/c1-26-14-5-4-6-15(10-14)30-18-8-7-13(9-17(18)22)23-12-29-11-16(20(24)27-2)19(23)21(25)28-3/h4-10H,11-12H2,1-3H3. The number of hydrogen-bond acceptors (Lipinski definition) is 8. The molecule has 0 radical (unpaired) electrons. The van der Waals surface area contributed by atoms with Crippen LogP contribution >= 0.6 is 0 Å². The second kappa shape index (κ2) is 9.27. The Morgan fingerprint density at radius 1 is 1.00 bits per heavy atom. The number of anilines is 1. The molecule has 0 bridgehead atoms. The summed E-state index contributed by atoms with van der Waals surface area (Å²) in [4.78, 5) is 25.7. The highest BCUT2D eigenvalue weighted by atomic mass is 19.1. The van der Waals surface area contributed by atoms with E-state index >= 15 is 0 Å². The third-order valence-electron chi connectivity index (χ3n) is 4.33. The van der Waals surface area contributed by atoms with Crippen LogP contribution in [0.2, 0.25) is 0 Å². The first-order chi connectivity index (χ1) is 14.5. The van der Waals surface area contributed by atoms with Crippen molar-refractivity contribution in [2.24, 2.45) is 0 Å². The van der Waals surface area contributed by atoms with Crippen molar-refractivity contribution in [1.82, 2.24) is 0 Å². The summed E-state index contributed by atoms with van der Waals surface area (Å²) in [6.45, 7) is -0.215. The third kappa shape index (κ3) is 4.36. The van der Waals surface area contributed by atoms with Gasteiger partial charge in [-0.3, -0.25) is 0 Å². The molecule has 1 heterocycles. The predicted octanol–water partition coefficient (Wildman–Crippen LogP) is 3.02. The van der Waals surface area contributed by atoms with Gasteiger partial charge in [-0.2, -0.15) is 0 Å². The Hall–Kier alpha value is -3.59. The number of carbonyl (C=O) groups excluding carboxylic acids is 2. The van der Waals surface area contributed by atoms with Gasteiger partial charge < -0.3 is 28.6 Å². The lowest BCUT2D eigenvalue weighted by molar-refractivity contribution is -0.140. The van der Waals surface area contributed by atoms with E-state index in [-0.39, 0.29) is 36.0 Å². The molecule has 8 nitrogen and oxygen atoms in total. The SMILES string of the molecule is COC(=O)C1=C(C(=O)OC)N(c2ccc(Oc3cccc(OC)c3)c(F)c2)COC1. The van der Waals surface area contributed by atoms with Gasteiger partial charge in [0.15, 0.2) is 11.6 Å². The number of methoxy groups -OCH3 is 3. The van der Waals surface area contributed by atoms with Crippen molar-refractivity contribution in [3.05, 3.63) is 59.6 Å². The zero-order valence-corrected chi connectivity index (χ0v) is 16.6. The molecule has 0 spiro atoms. The average molecular weight is 417 g/mol. The van der Waals surface area contributed by atoms with E-state index in [1.165, 1.54) is 44.4 Å². The fraction of sp³-hybridized carbons (Fsp3) is 0.238. The first-order valence-electron chi connectivity index (χ1n) is 8.85. The Balaban J connectivity index is 1.94. The fourth-order valence-corrected chi connectivity index (χ4v) is 2.88. The Morgan fingerprint density at radius 3 is 2.40 bits per heavy atom. The maximum Gasteiger partial charge on any atom is 0.355 e. The molecule has 0 saturated heterocycles. The zero-order valence-electron chi connectivity index (χ0n) is 16.6. The van der Waals surface area contributed by atoms with Gasteiger partial charge in [0.25, 0.3) is 0 Å².